The van der Waals surface area contributed by atoms with Crippen molar-refractivity contribution in [1.29, 1.82) is 0 Å². The number of rotatable bonds is 9. The molecule has 0 bridgehead atoms. The molecule has 5 rings (SSSR count). The number of benzene rings is 2. The SMILES string of the molecule is CNC(=O)c1cc(Oc2ccc3[nH]c(Nc4ccc(C(F)(F)C(F)(F)F)c(OC[C@H]5CCCN5C)c4)nc3c2)ccn1. The van der Waals surface area contributed by atoms with Gasteiger partial charge in [0.2, 0.25) is 5.95 Å². The topological polar surface area (TPSA) is 104 Å². The molecule has 222 valence electrons. The highest BCUT2D eigenvalue weighted by Gasteiger charge is 2.60. The number of amides is 1. The Hall–Kier alpha value is -4.46. The van der Waals surface area contributed by atoms with Crippen LogP contribution in [-0.4, -0.2) is 65.2 Å². The summed E-state index contributed by atoms with van der Waals surface area (Å²) in [6, 6.07) is 10.9. The molecule has 0 spiro atoms. The van der Waals surface area contributed by atoms with Crippen LogP contribution in [0.5, 0.6) is 17.2 Å². The normalized spacial score (nSPS) is 16.0. The second kappa shape index (κ2) is 11.4. The number of hydrogen-bond donors (Lipinski definition) is 3. The number of likely N-dealkylation sites (tertiary alicyclic amines) is 1. The summed E-state index contributed by atoms with van der Waals surface area (Å²) in [6.07, 6.45) is -2.71. The van der Waals surface area contributed by atoms with E-state index in [4.69, 9.17) is 9.47 Å². The van der Waals surface area contributed by atoms with Crippen LogP contribution in [0.4, 0.5) is 33.6 Å². The van der Waals surface area contributed by atoms with Crippen molar-refractivity contribution in [2.45, 2.75) is 31.0 Å². The Morgan fingerprint density at radius 2 is 1.88 bits per heavy atom. The van der Waals surface area contributed by atoms with Gasteiger partial charge in [-0.1, -0.05) is 0 Å². The van der Waals surface area contributed by atoms with E-state index in [1.54, 1.807) is 24.3 Å². The Bertz CT molecular complexity index is 1590. The van der Waals surface area contributed by atoms with E-state index in [0.29, 0.717) is 28.6 Å². The summed E-state index contributed by atoms with van der Waals surface area (Å²) in [7, 11) is 3.34. The van der Waals surface area contributed by atoms with Crippen molar-refractivity contribution >= 4 is 28.6 Å². The lowest BCUT2D eigenvalue weighted by molar-refractivity contribution is -0.289. The molecule has 2 aromatic carbocycles. The number of carbonyl (C=O) groups excluding carboxylic acids is 1. The number of anilines is 2. The van der Waals surface area contributed by atoms with Crippen LogP contribution in [0, 0.1) is 0 Å². The van der Waals surface area contributed by atoms with E-state index >= 15 is 0 Å². The quantitative estimate of drug-likeness (QED) is 0.206. The molecule has 14 heteroatoms. The Morgan fingerprint density at radius 1 is 1.10 bits per heavy atom. The van der Waals surface area contributed by atoms with E-state index in [-0.39, 0.29) is 35.9 Å². The van der Waals surface area contributed by atoms with Crippen LogP contribution in [-0.2, 0) is 5.92 Å². The molecular formula is C28H27F5N6O3. The van der Waals surface area contributed by atoms with Crippen molar-refractivity contribution in [2.24, 2.45) is 0 Å². The molecule has 1 aliphatic heterocycles. The fraction of sp³-hybridized carbons (Fsp3) is 0.321. The van der Waals surface area contributed by atoms with E-state index in [0.717, 1.165) is 31.5 Å². The molecule has 1 amide bonds. The highest BCUT2D eigenvalue weighted by Crippen LogP contribution is 2.48. The summed E-state index contributed by atoms with van der Waals surface area (Å²) in [6.45, 7) is 0.760. The zero-order valence-electron chi connectivity index (χ0n) is 22.6. The molecule has 0 aliphatic carbocycles. The van der Waals surface area contributed by atoms with Gasteiger partial charge in [0.1, 0.15) is 29.5 Å². The fourth-order valence-electron chi connectivity index (χ4n) is 4.62. The zero-order chi connectivity index (χ0) is 30.1. The highest BCUT2D eigenvalue weighted by atomic mass is 19.4. The monoisotopic (exact) mass is 590 g/mol. The minimum Gasteiger partial charge on any atom is -0.491 e. The molecule has 2 aromatic heterocycles. The summed E-state index contributed by atoms with van der Waals surface area (Å²) < 4.78 is 79.9. The van der Waals surface area contributed by atoms with Gasteiger partial charge in [0.05, 0.1) is 16.6 Å². The molecule has 3 heterocycles. The van der Waals surface area contributed by atoms with Crippen LogP contribution in [0.3, 0.4) is 0 Å². The van der Waals surface area contributed by atoms with E-state index < -0.39 is 23.4 Å². The van der Waals surface area contributed by atoms with E-state index in [2.05, 4.69) is 25.6 Å². The molecule has 0 saturated carbocycles. The molecule has 42 heavy (non-hydrogen) atoms. The number of imidazole rings is 1. The number of halogens is 5. The summed E-state index contributed by atoms with van der Waals surface area (Å²) in [5.74, 6) is -5.03. The molecular weight excluding hydrogens is 563 g/mol. The lowest BCUT2D eigenvalue weighted by Crippen LogP contribution is -2.35. The summed E-state index contributed by atoms with van der Waals surface area (Å²) in [5, 5.41) is 5.39. The lowest BCUT2D eigenvalue weighted by atomic mass is 10.1. The molecule has 1 saturated heterocycles. The molecule has 0 unspecified atom stereocenters. The third-order valence-electron chi connectivity index (χ3n) is 6.92. The number of aromatic nitrogens is 3. The number of carbonyl (C=O) groups is 1. The number of hydrogen-bond acceptors (Lipinski definition) is 7. The second-order valence-electron chi connectivity index (χ2n) is 9.82. The second-order valence-corrected chi connectivity index (χ2v) is 9.82. The van der Waals surface area contributed by atoms with Gasteiger partial charge in [0, 0.05) is 43.2 Å². The maximum atomic E-state index is 14.4. The molecule has 1 atom stereocenters. The first-order valence-corrected chi connectivity index (χ1v) is 13.0. The number of aromatic amines is 1. The first-order valence-electron chi connectivity index (χ1n) is 13.0. The van der Waals surface area contributed by atoms with Gasteiger partial charge >= 0.3 is 12.1 Å². The van der Waals surface area contributed by atoms with Crippen LogP contribution in [0.15, 0.2) is 54.7 Å². The Labute approximate surface area is 237 Å². The van der Waals surface area contributed by atoms with Crippen molar-refractivity contribution in [3.05, 3.63) is 66.0 Å². The van der Waals surface area contributed by atoms with Crippen molar-refractivity contribution in [3.8, 4) is 17.2 Å². The van der Waals surface area contributed by atoms with Gasteiger partial charge in [0.25, 0.3) is 5.91 Å². The predicted molar refractivity (Wildman–Crippen MR) is 145 cm³/mol. The van der Waals surface area contributed by atoms with Crippen molar-refractivity contribution in [3.63, 3.8) is 0 Å². The number of likely N-dealkylation sites (N-methyl/N-ethyl adjacent to an activating group) is 1. The maximum absolute atomic E-state index is 14.4. The van der Waals surface area contributed by atoms with Gasteiger partial charge in [-0.15, -0.1) is 0 Å². The van der Waals surface area contributed by atoms with Gasteiger partial charge in [-0.2, -0.15) is 22.0 Å². The Balaban J connectivity index is 1.37. The van der Waals surface area contributed by atoms with Crippen LogP contribution in [0.1, 0.15) is 28.9 Å². The number of nitrogens with one attached hydrogen (secondary N) is 3. The minimum atomic E-state index is -5.79. The summed E-state index contributed by atoms with van der Waals surface area (Å²) in [5.41, 5.74) is 0.201. The van der Waals surface area contributed by atoms with E-state index in [1.165, 1.54) is 19.3 Å². The number of H-pyrrole nitrogens is 1. The van der Waals surface area contributed by atoms with Crippen LogP contribution < -0.4 is 20.1 Å². The smallest absolute Gasteiger partial charge is 0.458 e. The summed E-state index contributed by atoms with van der Waals surface area (Å²) >= 11 is 0. The maximum Gasteiger partial charge on any atom is 0.458 e. The predicted octanol–water partition coefficient (Wildman–Crippen LogP) is 5.98. The molecule has 0 radical (unpaired) electrons. The molecule has 4 aromatic rings. The van der Waals surface area contributed by atoms with Gasteiger partial charge in [0.15, 0.2) is 0 Å². The lowest BCUT2D eigenvalue weighted by Gasteiger charge is -2.25. The highest BCUT2D eigenvalue weighted by molar-refractivity contribution is 5.92. The van der Waals surface area contributed by atoms with Crippen LogP contribution >= 0.6 is 0 Å². The Kier molecular flexibility index (Phi) is 7.91. The largest absolute Gasteiger partial charge is 0.491 e. The van der Waals surface area contributed by atoms with Crippen molar-refractivity contribution in [2.75, 3.05) is 32.6 Å². The first-order chi connectivity index (χ1) is 19.9. The molecule has 1 fully saturated rings. The van der Waals surface area contributed by atoms with E-state index in [1.807, 2.05) is 11.9 Å². The van der Waals surface area contributed by atoms with Gasteiger partial charge < -0.3 is 30.0 Å². The van der Waals surface area contributed by atoms with Gasteiger partial charge in [-0.25, -0.2) is 4.98 Å². The van der Waals surface area contributed by atoms with Crippen LogP contribution in [0.2, 0.25) is 0 Å². The zero-order valence-corrected chi connectivity index (χ0v) is 22.6. The number of pyridine rings is 1. The average molecular weight is 591 g/mol. The minimum absolute atomic E-state index is 0.0314. The number of alkyl halides is 5. The number of ether oxygens (including phenoxy) is 2. The van der Waals surface area contributed by atoms with Gasteiger partial charge in [-0.3, -0.25) is 9.78 Å². The van der Waals surface area contributed by atoms with Crippen LogP contribution in [0.25, 0.3) is 11.0 Å². The Morgan fingerprint density at radius 3 is 2.60 bits per heavy atom. The number of fused-ring (bicyclic) bond motifs is 1. The average Bonchev–Trinajstić information content (AvgIpc) is 3.55. The van der Waals surface area contributed by atoms with Gasteiger partial charge in [-0.05, 0) is 56.8 Å². The van der Waals surface area contributed by atoms with Crippen molar-refractivity contribution in [1.82, 2.24) is 25.2 Å². The molecule has 3 N–H and O–H groups in total. The molecule has 1 aliphatic rings. The summed E-state index contributed by atoms with van der Waals surface area (Å²) in [4.78, 5) is 25.3. The third kappa shape index (κ3) is 6.08. The van der Waals surface area contributed by atoms with Crippen molar-refractivity contribution < 1.29 is 36.2 Å². The standard InChI is InChI=1S/C28H27F5N6O3/c1-34-25(40)23-14-19(9-10-35-23)42-18-6-8-21-22(13-18)38-26(37-21)36-16-5-7-20(27(29,30)28(31,32)33)24(12-16)41-15-17-4-3-11-39(17)2/h5-10,12-14,17H,3-4,11,15H2,1-2H3,(H,34,40)(H2,36,37,38)/t17-/m1/s1. The third-order valence-corrected chi connectivity index (χ3v) is 6.92. The molecule has 9 nitrogen and oxygen atoms in total. The first kappa shape index (κ1) is 29.0. The number of nitrogens with zero attached hydrogens (tertiary/aromatic N) is 3. The van der Waals surface area contributed by atoms with E-state index in [9.17, 15) is 26.7 Å². The fourth-order valence-corrected chi connectivity index (χ4v) is 4.62.